The number of aromatic nitrogens is 2. The Labute approximate surface area is 124 Å². The van der Waals surface area contributed by atoms with Crippen molar-refractivity contribution in [3.8, 4) is 0 Å². The van der Waals surface area contributed by atoms with Crippen molar-refractivity contribution in [1.29, 1.82) is 0 Å². The molecule has 5 heteroatoms. The predicted octanol–water partition coefficient (Wildman–Crippen LogP) is 1.88. The van der Waals surface area contributed by atoms with E-state index < -0.39 is 0 Å². The van der Waals surface area contributed by atoms with Gasteiger partial charge in [0, 0.05) is 19.3 Å². The number of fused-ring (bicyclic) bond motifs is 1. The zero-order valence-electron chi connectivity index (χ0n) is 12.4. The van der Waals surface area contributed by atoms with Crippen molar-refractivity contribution in [2.75, 3.05) is 11.9 Å². The molecule has 3 rings (SSSR count). The first kappa shape index (κ1) is 13.8. The number of carbonyl (C=O) groups is 1. The molecule has 1 amide bonds. The number of carbonyl (C=O) groups excluding carboxylic acids is 1. The molecule has 2 heterocycles. The predicted molar refractivity (Wildman–Crippen MR) is 82.4 cm³/mol. The van der Waals surface area contributed by atoms with Gasteiger partial charge >= 0.3 is 0 Å². The first-order valence-electron chi connectivity index (χ1n) is 7.34. The Morgan fingerprint density at radius 3 is 3.10 bits per heavy atom. The third-order valence-corrected chi connectivity index (χ3v) is 3.91. The van der Waals surface area contributed by atoms with Crippen LogP contribution < -0.4 is 10.6 Å². The van der Waals surface area contributed by atoms with E-state index >= 15 is 0 Å². The van der Waals surface area contributed by atoms with Crippen LogP contribution in [0.3, 0.4) is 0 Å². The van der Waals surface area contributed by atoms with E-state index in [9.17, 15) is 4.79 Å². The molecule has 0 saturated heterocycles. The summed E-state index contributed by atoms with van der Waals surface area (Å²) in [7, 11) is 1.80. The molecule has 0 unspecified atom stereocenters. The summed E-state index contributed by atoms with van der Waals surface area (Å²) in [4.78, 5) is 12.5. The van der Waals surface area contributed by atoms with Gasteiger partial charge in [-0.15, -0.1) is 0 Å². The van der Waals surface area contributed by atoms with Crippen LogP contribution in [0.1, 0.15) is 34.2 Å². The van der Waals surface area contributed by atoms with Crippen molar-refractivity contribution in [2.24, 2.45) is 7.05 Å². The number of hydrogen-bond acceptors (Lipinski definition) is 3. The number of nitrogens with one attached hydrogen (secondary N) is 2. The zero-order chi connectivity index (χ0) is 14.8. The Kier molecular flexibility index (Phi) is 3.75. The first-order valence-corrected chi connectivity index (χ1v) is 7.34. The molecule has 0 fully saturated rings. The minimum atomic E-state index is -0.100. The Morgan fingerprint density at radius 1 is 1.48 bits per heavy atom. The molecule has 0 atom stereocenters. The lowest BCUT2D eigenvalue weighted by Gasteiger charge is -2.20. The van der Waals surface area contributed by atoms with Gasteiger partial charge in [-0.3, -0.25) is 9.48 Å². The van der Waals surface area contributed by atoms with Crippen LogP contribution in [0.15, 0.2) is 24.3 Å². The molecule has 0 radical (unpaired) electrons. The average Bonchev–Trinajstić information content (AvgIpc) is 2.89. The van der Waals surface area contributed by atoms with Crippen LogP contribution in [0.5, 0.6) is 0 Å². The van der Waals surface area contributed by atoms with Crippen LogP contribution in [-0.2, 0) is 26.4 Å². The third kappa shape index (κ3) is 2.69. The summed E-state index contributed by atoms with van der Waals surface area (Å²) in [5.74, 6) is -0.100. The lowest BCUT2D eigenvalue weighted by Crippen LogP contribution is -2.25. The summed E-state index contributed by atoms with van der Waals surface area (Å²) >= 11 is 0. The van der Waals surface area contributed by atoms with E-state index in [1.165, 1.54) is 11.1 Å². The highest BCUT2D eigenvalue weighted by molar-refractivity contribution is 6.03. The van der Waals surface area contributed by atoms with Gasteiger partial charge in [0.25, 0.3) is 5.91 Å². The SMILES string of the molecule is CCc1cc(C(=O)Nc2cccc3c2CCNC3)n(C)n1. The van der Waals surface area contributed by atoms with Crippen LogP contribution in [0, 0.1) is 0 Å². The summed E-state index contributed by atoms with van der Waals surface area (Å²) in [6.07, 6.45) is 1.77. The molecule has 1 aliphatic heterocycles. The van der Waals surface area contributed by atoms with Crippen molar-refractivity contribution in [3.63, 3.8) is 0 Å². The van der Waals surface area contributed by atoms with E-state index in [1.54, 1.807) is 11.7 Å². The standard InChI is InChI=1S/C16H20N4O/c1-3-12-9-15(20(2)19-12)16(21)18-14-6-4-5-11-10-17-8-7-13(11)14/h4-6,9,17H,3,7-8,10H2,1-2H3,(H,18,21). The van der Waals surface area contributed by atoms with Crippen LogP contribution in [-0.4, -0.2) is 22.2 Å². The lowest BCUT2D eigenvalue weighted by molar-refractivity contribution is 0.101. The highest BCUT2D eigenvalue weighted by Gasteiger charge is 2.17. The van der Waals surface area contributed by atoms with Gasteiger partial charge in [0.1, 0.15) is 5.69 Å². The molecule has 1 aromatic carbocycles. The van der Waals surface area contributed by atoms with Gasteiger partial charge in [0.15, 0.2) is 0 Å². The Hall–Kier alpha value is -2.14. The maximum absolute atomic E-state index is 12.5. The van der Waals surface area contributed by atoms with Crippen LogP contribution in [0.25, 0.3) is 0 Å². The summed E-state index contributed by atoms with van der Waals surface area (Å²) in [6.45, 7) is 3.85. The van der Waals surface area contributed by atoms with E-state index in [4.69, 9.17) is 0 Å². The van der Waals surface area contributed by atoms with E-state index in [-0.39, 0.29) is 5.91 Å². The maximum Gasteiger partial charge on any atom is 0.273 e. The number of hydrogen-bond donors (Lipinski definition) is 2. The van der Waals surface area contributed by atoms with E-state index in [0.29, 0.717) is 5.69 Å². The fourth-order valence-electron chi connectivity index (χ4n) is 2.75. The van der Waals surface area contributed by atoms with Gasteiger partial charge in [0.2, 0.25) is 0 Å². The lowest BCUT2D eigenvalue weighted by atomic mass is 9.99. The van der Waals surface area contributed by atoms with Crippen molar-refractivity contribution < 1.29 is 4.79 Å². The molecule has 0 aliphatic carbocycles. The molecule has 0 spiro atoms. The van der Waals surface area contributed by atoms with Gasteiger partial charge in [-0.05, 0) is 42.6 Å². The molecule has 21 heavy (non-hydrogen) atoms. The van der Waals surface area contributed by atoms with Crippen LogP contribution in [0.4, 0.5) is 5.69 Å². The molecule has 2 N–H and O–H groups in total. The van der Waals surface area contributed by atoms with Gasteiger partial charge in [-0.25, -0.2) is 0 Å². The molecular formula is C16H20N4O. The second-order valence-electron chi connectivity index (χ2n) is 5.32. The molecule has 5 nitrogen and oxygen atoms in total. The van der Waals surface area contributed by atoms with Gasteiger partial charge < -0.3 is 10.6 Å². The molecular weight excluding hydrogens is 264 g/mol. The van der Waals surface area contributed by atoms with Gasteiger partial charge in [0.05, 0.1) is 5.69 Å². The number of nitrogens with zero attached hydrogens (tertiary/aromatic N) is 2. The third-order valence-electron chi connectivity index (χ3n) is 3.91. The number of anilines is 1. The topological polar surface area (TPSA) is 59.0 Å². The highest BCUT2D eigenvalue weighted by Crippen LogP contribution is 2.23. The normalized spacial score (nSPS) is 13.8. The summed E-state index contributed by atoms with van der Waals surface area (Å²) in [6, 6.07) is 7.92. The fourth-order valence-corrected chi connectivity index (χ4v) is 2.75. The Balaban J connectivity index is 1.86. The summed E-state index contributed by atoms with van der Waals surface area (Å²) in [5.41, 5.74) is 4.94. The average molecular weight is 284 g/mol. The Morgan fingerprint density at radius 2 is 2.33 bits per heavy atom. The van der Waals surface area contributed by atoms with E-state index in [0.717, 1.165) is 37.3 Å². The van der Waals surface area contributed by atoms with Crippen LogP contribution in [0.2, 0.25) is 0 Å². The Bertz CT molecular complexity index is 675. The molecule has 110 valence electrons. The van der Waals surface area contributed by atoms with Gasteiger partial charge in [-0.2, -0.15) is 5.10 Å². The summed E-state index contributed by atoms with van der Waals surface area (Å²) in [5, 5.41) is 10.7. The zero-order valence-corrected chi connectivity index (χ0v) is 12.4. The van der Waals surface area contributed by atoms with Gasteiger partial charge in [-0.1, -0.05) is 19.1 Å². The molecule has 0 saturated carbocycles. The summed E-state index contributed by atoms with van der Waals surface area (Å²) < 4.78 is 1.64. The van der Waals surface area contributed by atoms with Crippen molar-refractivity contribution in [2.45, 2.75) is 26.3 Å². The first-order chi connectivity index (χ1) is 10.2. The molecule has 0 bridgehead atoms. The number of aryl methyl sites for hydroxylation is 2. The smallest absolute Gasteiger partial charge is 0.273 e. The number of benzene rings is 1. The number of rotatable bonds is 3. The minimum absolute atomic E-state index is 0.100. The molecule has 1 aliphatic rings. The molecule has 1 aromatic heterocycles. The highest BCUT2D eigenvalue weighted by atomic mass is 16.2. The monoisotopic (exact) mass is 284 g/mol. The van der Waals surface area contributed by atoms with E-state index in [1.807, 2.05) is 25.1 Å². The van der Waals surface area contributed by atoms with Crippen molar-refractivity contribution in [1.82, 2.24) is 15.1 Å². The fraction of sp³-hybridized carbons (Fsp3) is 0.375. The van der Waals surface area contributed by atoms with E-state index in [2.05, 4.69) is 21.8 Å². The van der Waals surface area contributed by atoms with Crippen LogP contribution >= 0.6 is 0 Å². The van der Waals surface area contributed by atoms with Crippen molar-refractivity contribution in [3.05, 3.63) is 46.8 Å². The number of amides is 1. The maximum atomic E-state index is 12.5. The molecule has 2 aromatic rings. The largest absolute Gasteiger partial charge is 0.320 e. The van der Waals surface area contributed by atoms with Crippen molar-refractivity contribution >= 4 is 11.6 Å². The minimum Gasteiger partial charge on any atom is -0.320 e. The quantitative estimate of drug-likeness (QED) is 0.905. The second kappa shape index (κ2) is 5.69. The second-order valence-corrected chi connectivity index (χ2v) is 5.32.